The van der Waals surface area contributed by atoms with Crippen molar-refractivity contribution < 1.29 is 54.8 Å². The van der Waals surface area contributed by atoms with Crippen molar-refractivity contribution >= 4 is 26.0 Å². The molecule has 0 radical (unpaired) electrons. The van der Waals surface area contributed by atoms with Crippen molar-refractivity contribution in [1.29, 1.82) is 0 Å². The zero-order chi connectivity index (χ0) is 42.9. The van der Waals surface area contributed by atoms with E-state index in [4.69, 9.17) is 33.2 Å². The minimum absolute atomic E-state index is 0.0112. The molecule has 3 unspecified atom stereocenters. The Hall–Kier alpha value is -4.71. The van der Waals surface area contributed by atoms with Gasteiger partial charge in [0, 0.05) is 19.2 Å². The smallest absolute Gasteiger partial charge is 0.412 e. The van der Waals surface area contributed by atoms with Gasteiger partial charge in [-0.15, -0.1) is 0 Å². The van der Waals surface area contributed by atoms with Crippen LogP contribution in [-0.4, -0.2) is 95.5 Å². The van der Waals surface area contributed by atoms with Crippen LogP contribution in [0.1, 0.15) is 50.8 Å². The Bertz CT molecular complexity index is 2410. The lowest BCUT2D eigenvalue weighted by molar-refractivity contribution is -0.0911. The standard InChI is InChI=1S/C45H52N2O12S2/c1-30(2)24-46(61(51,52)36-18-19-39-40(23-36)57-29-56-39)25-41-38(47(45(3,4)59-41)44(48)58-42-27-55-43-37(42)20-21-53-43)22-31-14-16-34(17-15-31)54-26-32-10-8-9-11-33(32)28-60(49,50)35-12-6-5-7-13-35/h5-19,23,30,37-38,41-43H,20-22,24-29H2,1-4H3/t37?,38-,41+,42?,43?/m0/s1. The van der Waals surface area contributed by atoms with Crippen molar-refractivity contribution in [3.05, 3.63) is 114 Å². The number of hydrogen-bond donors (Lipinski definition) is 0. The van der Waals surface area contributed by atoms with E-state index in [1.54, 1.807) is 61.2 Å². The van der Waals surface area contributed by atoms with Crippen molar-refractivity contribution in [2.24, 2.45) is 11.8 Å². The largest absolute Gasteiger partial charge is 0.489 e. The highest BCUT2D eigenvalue weighted by atomic mass is 32.2. The van der Waals surface area contributed by atoms with Gasteiger partial charge >= 0.3 is 6.09 Å². The Kier molecular flexibility index (Phi) is 12.4. The molecule has 0 saturated carbocycles. The van der Waals surface area contributed by atoms with Crippen molar-refractivity contribution in [3.8, 4) is 17.2 Å². The van der Waals surface area contributed by atoms with Crippen molar-refractivity contribution in [2.45, 2.75) is 93.0 Å². The summed E-state index contributed by atoms with van der Waals surface area (Å²) in [5.74, 6) is 1.12. The van der Waals surface area contributed by atoms with Crippen LogP contribution in [0.4, 0.5) is 4.79 Å². The number of ether oxygens (including phenoxy) is 7. The molecule has 0 aromatic heterocycles. The summed E-state index contributed by atoms with van der Waals surface area (Å²) >= 11 is 0. The third-order valence-electron chi connectivity index (χ3n) is 11.5. The highest BCUT2D eigenvalue weighted by Crippen LogP contribution is 2.40. The van der Waals surface area contributed by atoms with Gasteiger partial charge in [-0.3, -0.25) is 4.90 Å². The van der Waals surface area contributed by atoms with Gasteiger partial charge in [-0.1, -0.05) is 68.4 Å². The Morgan fingerprint density at radius 3 is 2.34 bits per heavy atom. The maximum Gasteiger partial charge on any atom is 0.412 e. The molecule has 16 heteroatoms. The third kappa shape index (κ3) is 9.39. The first-order chi connectivity index (χ1) is 29.2. The van der Waals surface area contributed by atoms with Crippen LogP contribution in [0.5, 0.6) is 17.2 Å². The van der Waals surface area contributed by atoms with Gasteiger partial charge < -0.3 is 33.2 Å². The molecule has 0 aliphatic carbocycles. The molecule has 14 nitrogen and oxygen atoms in total. The number of fused-ring (bicyclic) bond motifs is 2. The van der Waals surface area contributed by atoms with Crippen LogP contribution in [0, 0.1) is 11.8 Å². The van der Waals surface area contributed by atoms with Gasteiger partial charge in [0.25, 0.3) is 0 Å². The van der Waals surface area contributed by atoms with E-state index in [2.05, 4.69) is 0 Å². The van der Waals surface area contributed by atoms with E-state index in [1.807, 2.05) is 56.3 Å². The lowest BCUT2D eigenvalue weighted by Gasteiger charge is -2.34. The lowest BCUT2D eigenvalue weighted by Crippen LogP contribution is -2.51. The van der Waals surface area contributed by atoms with Crippen LogP contribution in [0.15, 0.2) is 107 Å². The fourth-order valence-corrected chi connectivity index (χ4v) is 11.5. The number of carbonyl (C=O) groups excluding carboxylic acids is 1. The number of benzene rings is 4. The van der Waals surface area contributed by atoms with E-state index in [9.17, 15) is 21.6 Å². The summed E-state index contributed by atoms with van der Waals surface area (Å²) in [4.78, 5) is 16.2. The minimum Gasteiger partial charge on any atom is -0.489 e. The van der Waals surface area contributed by atoms with Crippen LogP contribution < -0.4 is 14.2 Å². The highest BCUT2D eigenvalue weighted by Gasteiger charge is 2.53. The molecular weight excluding hydrogens is 825 g/mol. The quantitative estimate of drug-likeness (QED) is 0.127. The summed E-state index contributed by atoms with van der Waals surface area (Å²) in [7, 11) is -7.63. The average molecular weight is 877 g/mol. The van der Waals surface area contributed by atoms with Gasteiger partial charge in [-0.2, -0.15) is 4.31 Å². The molecular formula is C45H52N2O12S2. The fourth-order valence-electron chi connectivity index (χ4n) is 8.49. The Morgan fingerprint density at radius 1 is 0.869 bits per heavy atom. The summed E-state index contributed by atoms with van der Waals surface area (Å²) in [5.41, 5.74) is 1.07. The highest BCUT2D eigenvalue weighted by molar-refractivity contribution is 7.90. The van der Waals surface area contributed by atoms with E-state index < -0.39 is 56.2 Å². The molecule has 4 aromatic rings. The van der Waals surface area contributed by atoms with Gasteiger partial charge in [-0.05, 0) is 85.7 Å². The molecule has 61 heavy (non-hydrogen) atoms. The maximum atomic E-state index is 14.4. The van der Waals surface area contributed by atoms with E-state index in [1.165, 1.54) is 16.4 Å². The molecule has 8 rings (SSSR count). The number of rotatable bonds is 15. The molecule has 4 heterocycles. The molecule has 5 atom stereocenters. The van der Waals surface area contributed by atoms with Crippen LogP contribution >= 0.6 is 0 Å². The number of sulfone groups is 1. The zero-order valence-corrected chi connectivity index (χ0v) is 36.3. The van der Waals surface area contributed by atoms with Crippen molar-refractivity contribution in [3.63, 3.8) is 0 Å². The second-order valence-corrected chi connectivity index (χ2v) is 20.6. The molecule has 3 fully saturated rings. The summed E-state index contributed by atoms with van der Waals surface area (Å²) in [6.45, 7) is 8.52. The van der Waals surface area contributed by atoms with Crippen LogP contribution in [0.25, 0.3) is 0 Å². The van der Waals surface area contributed by atoms with Crippen LogP contribution in [-0.2, 0) is 57.6 Å². The molecule has 0 spiro atoms. The van der Waals surface area contributed by atoms with Gasteiger partial charge in [0.2, 0.25) is 16.8 Å². The predicted molar refractivity (Wildman–Crippen MR) is 223 cm³/mol. The van der Waals surface area contributed by atoms with E-state index in [-0.39, 0.29) is 60.5 Å². The van der Waals surface area contributed by atoms with Gasteiger partial charge in [0.05, 0.1) is 46.8 Å². The Morgan fingerprint density at radius 2 is 1.59 bits per heavy atom. The number of carbonyl (C=O) groups is 1. The first kappa shape index (κ1) is 43.0. The van der Waals surface area contributed by atoms with Crippen LogP contribution in [0.3, 0.4) is 0 Å². The van der Waals surface area contributed by atoms with Gasteiger partial charge in [0.1, 0.15) is 24.2 Å². The van der Waals surface area contributed by atoms with E-state index in [0.29, 0.717) is 42.3 Å². The minimum atomic E-state index is -4.06. The first-order valence-electron chi connectivity index (χ1n) is 20.5. The third-order valence-corrected chi connectivity index (χ3v) is 15.0. The summed E-state index contributed by atoms with van der Waals surface area (Å²) in [6, 6.07) is 27.0. The van der Waals surface area contributed by atoms with Gasteiger partial charge in [0.15, 0.2) is 27.6 Å². The second-order valence-electron chi connectivity index (χ2n) is 16.7. The van der Waals surface area contributed by atoms with E-state index in [0.717, 1.165) is 11.1 Å². The molecule has 0 bridgehead atoms. The zero-order valence-electron chi connectivity index (χ0n) is 34.7. The molecule has 4 aliphatic heterocycles. The molecule has 1 amide bonds. The monoisotopic (exact) mass is 876 g/mol. The van der Waals surface area contributed by atoms with Gasteiger partial charge in [-0.25, -0.2) is 21.6 Å². The number of hydrogen-bond acceptors (Lipinski definition) is 12. The number of sulfonamides is 1. The van der Waals surface area contributed by atoms with Crippen LogP contribution in [0.2, 0.25) is 0 Å². The summed E-state index contributed by atoms with van der Waals surface area (Å²) < 4.78 is 98.0. The summed E-state index contributed by atoms with van der Waals surface area (Å²) in [6.07, 6.45) is -1.23. The molecule has 4 aliphatic rings. The number of amides is 1. The molecule has 4 aromatic carbocycles. The predicted octanol–water partition coefficient (Wildman–Crippen LogP) is 6.56. The maximum absolute atomic E-state index is 14.4. The average Bonchev–Trinajstić information content (AvgIpc) is 4.03. The summed E-state index contributed by atoms with van der Waals surface area (Å²) in [5, 5.41) is 0. The van der Waals surface area contributed by atoms with Crippen molar-refractivity contribution in [2.75, 3.05) is 33.1 Å². The second kappa shape index (κ2) is 17.6. The first-order valence-corrected chi connectivity index (χ1v) is 23.6. The molecule has 0 N–H and O–H groups in total. The Labute approximate surface area is 357 Å². The fraction of sp³-hybridized carbons (Fsp3) is 0.444. The Balaban J connectivity index is 1.03. The number of nitrogens with zero attached hydrogens (tertiary/aromatic N) is 2. The van der Waals surface area contributed by atoms with E-state index >= 15 is 0 Å². The SMILES string of the molecule is CC(C)CN(C[C@H]1OC(C)(C)N(C(=O)OC2COC3OCCC23)[C@H]1Cc1ccc(OCc2ccccc2CS(=O)(=O)c2ccccc2)cc1)S(=O)(=O)c1ccc2c(c1)OCO2. The normalized spacial score (nSPS) is 23.1. The van der Waals surface area contributed by atoms with Crippen molar-refractivity contribution in [1.82, 2.24) is 9.21 Å². The molecule has 326 valence electrons. The lowest BCUT2D eigenvalue weighted by atomic mass is 9.99. The molecule has 3 saturated heterocycles. The topological polar surface area (TPSA) is 156 Å².